The van der Waals surface area contributed by atoms with Crippen LogP contribution in [0.1, 0.15) is 16.7 Å². The van der Waals surface area contributed by atoms with E-state index in [1.807, 2.05) is 0 Å². The molecule has 13 heteroatoms. The average Bonchev–Trinajstić information content (AvgIpc) is 2.98. The first kappa shape index (κ1) is 32.6. The molecule has 4 aromatic rings. The molecule has 0 saturated heterocycles. The van der Waals surface area contributed by atoms with Gasteiger partial charge >= 0.3 is 0 Å². The summed E-state index contributed by atoms with van der Waals surface area (Å²) in [5, 5.41) is 5.39. The Kier molecular flexibility index (Phi) is 11.0. The van der Waals surface area contributed by atoms with Crippen molar-refractivity contribution in [2.45, 2.75) is 18.4 Å². The lowest BCUT2D eigenvalue weighted by Crippen LogP contribution is -2.40. The van der Waals surface area contributed by atoms with E-state index in [0.717, 1.165) is 9.87 Å². The molecule has 4 rings (SSSR count). The molecule has 8 nitrogen and oxygen atoms in total. The number of benzene rings is 4. The van der Waals surface area contributed by atoms with Crippen LogP contribution in [-0.4, -0.2) is 34.2 Å². The molecule has 224 valence electrons. The van der Waals surface area contributed by atoms with Crippen LogP contribution >= 0.6 is 50.7 Å². The highest BCUT2D eigenvalue weighted by molar-refractivity contribution is 9.10. The van der Waals surface area contributed by atoms with Crippen molar-refractivity contribution >= 4 is 78.6 Å². The summed E-state index contributed by atoms with van der Waals surface area (Å²) in [5.74, 6) is 0.179. The van der Waals surface area contributed by atoms with Crippen LogP contribution in [0, 0.1) is 6.92 Å². The maximum Gasteiger partial charge on any atom is 0.264 e. The van der Waals surface area contributed by atoms with Crippen LogP contribution in [0.4, 0.5) is 5.69 Å². The highest BCUT2D eigenvalue weighted by Crippen LogP contribution is 2.37. The Hall–Kier alpha value is -3.28. The van der Waals surface area contributed by atoms with Gasteiger partial charge < -0.3 is 9.47 Å². The van der Waals surface area contributed by atoms with Gasteiger partial charge in [0.25, 0.3) is 15.9 Å². The highest BCUT2D eigenvalue weighted by atomic mass is 79.9. The quantitative estimate of drug-likeness (QED) is 0.127. The number of nitrogens with one attached hydrogen (secondary N) is 1. The van der Waals surface area contributed by atoms with Crippen LogP contribution in [0.5, 0.6) is 11.5 Å². The minimum atomic E-state index is -4.11. The first-order valence-corrected chi connectivity index (χ1v) is 16.0. The molecule has 1 N–H and O–H groups in total. The molecule has 0 aliphatic heterocycles. The van der Waals surface area contributed by atoms with Gasteiger partial charge in [0.15, 0.2) is 11.5 Å². The molecular formula is C30H25BrCl3N3O5S. The summed E-state index contributed by atoms with van der Waals surface area (Å²) in [4.78, 5) is 13.0. The van der Waals surface area contributed by atoms with Gasteiger partial charge in [0.05, 0.1) is 28.4 Å². The number of hydrogen-bond acceptors (Lipinski definition) is 6. The Balaban J connectivity index is 1.51. The molecule has 0 aliphatic rings. The smallest absolute Gasteiger partial charge is 0.264 e. The summed E-state index contributed by atoms with van der Waals surface area (Å²) in [6.45, 7) is 1.32. The number of halogens is 4. The predicted molar refractivity (Wildman–Crippen MR) is 174 cm³/mol. The van der Waals surface area contributed by atoms with Gasteiger partial charge in [-0.05, 0) is 82.5 Å². The SMILES string of the molecule is COc1cc(/C=N\NC(=O)CN(c2cccc(Cl)c2C)S(=O)(=O)c2ccccc2)cc(Br)c1OCc1ccc(Cl)cc1Cl. The van der Waals surface area contributed by atoms with Crippen molar-refractivity contribution in [1.82, 2.24) is 5.43 Å². The third-order valence-electron chi connectivity index (χ3n) is 6.17. The predicted octanol–water partition coefficient (Wildman–Crippen LogP) is 7.65. The first-order valence-electron chi connectivity index (χ1n) is 12.6. The van der Waals surface area contributed by atoms with E-state index in [-0.39, 0.29) is 17.2 Å². The van der Waals surface area contributed by atoms with Crippen molar-refractivity contribution in [3.05, 3.63) is 115 Å². The van der Waals surface area contributed by atoms with Crippen LogP contribution in [-0.2, 0) is 21.4 Å². The summed E-state index contributed by atoms with van der Waals surface area (Å²) in [5.41, 5.74) is 4.50. The summed E-state index contributed by atoms with van der Waals surface area (Å²) >= 11 is 22.0. The third kappa shape index (κ3) is 8.01. The first-order chi connectivity index (χ1) is 20.5. The molecule has 0 heterocycles. The van der Waals surface area contributed by atoms with Gasteiger partial charge in [-0.15, -0.1) is 0 Å². The largest absolute Gasteiger partial charge is 0.493 e. The van der Waals surface area contributed by atoms with E-state index in [2.05, 4.69) is 26.5 Å². The second-order valence-electron chi connectivity index (χ2n) is 9.06. The molecule has 0 radical (unpaired) electrons. The van der Waals surface area contributed by atoms with Gasteiger partial charge in [0, 0.05) is 20.6 Å². The van der Waals surface area contributed by atoms with Crippen LogP contribution in [0.2, 0.25) is 15.1 Å². The molecule has 0 unspecified atom stereocenters. The van der Waals surface area contributed by atoms with E-state index in [1.165, 1.54) is 25.5 Å². The number of nitrogens with zero attached hydrogens (tertiary/aromatic N) is 2. The van der Waals surface area contributed by atoms with Gasteiger partial charge in [-0.3, -0.25) is 9.10 Å². The normalized spacial score (nSPS) is 11.4. The number of rotatable bonds is 11. The molecule has 0 fully saturated rings. The van der Waals surface area contributed by atoms with Crippen molar-refractivity contribution < 1.29 is 22.7 Å². The lowest BCUT2D eigenvalue weighted by atomic mass is 10.2. The van der Waals surface area contributed by atoms with Crippen molar-refractivity contribution in [2.75, 3.05) is 18.0 Å². The lowest BCUT2D eigenvalue weighted by molar-refractivity contribution is -0.119. The second-order valence-corrected chi connectivity index (χ2v) is 13.0. The topological polar surface area (TPSA) is 97.3 Å². The fourth-order valence-electron chi connectivity index (χ4n) is 3.97. The van der Waals surface area contributed by atoms with Gasteiger partial charge in [0.2, 0.25) is 0 Å². The van der Waals surface area contributed by atoms with Crippen LogP contribution in [0.3, 0.4) is 0 Å². The monoisotopic (exact) mass is 723 g/mol. The molecular weight excluding hydrogens is 701 g/mol. The number of carbonyl (C=O) groups excluding carboxylic acids is 1. The minimum Gasteiger partial charge on any atom is -0.493 e. The Morgan fingerprint density at radius 3 is 2.44 bits per heavy atom. The molecule has 0 aliphatic carbocycles. The zero-order valence-corrected chi connectivity index (χ0v) is 27.5. The van der Waals surface area contributed by atoms with Gasteiger partial charge in [-0.2, -0.15) is 5.10 Å². The van der Waals surface area contributed by atoms with Crippen molar-refractivity contribution in [2.24, 2.45) is 5.10 Å². The van der Waals surface area contributed by atoms with Crippen LogP contribution < -0.4 is 19.2 Å². The number of ether oxygens (including phenoxy) is 2. The lowest BCUT2D eigenvalue weighted by Gasteiger charge is -2.25. The number of anilines is 1. The van der Waals surface area contributed by atoms with Crippen LogP contribution in [0.15, 0.2) is 93.3 Å². The molecule has 0 atom stereocenters. The van der Waals surface area contributed by atoms with Crippen molar-refractivity contribution in [1.29, 1.82) is 0 Å². The maximum atomic E-state index is 13.6. The Morgan fingerprint density at radius 2 is 1.74 bits per heavy atom. The number of hydrogen-bond donors (Lipinski definition) is 1. The second kappa shape index (κ2) is 14.5. The average molecular weight is 726 g/mol. The van der Waals surface area contributed by atoms with Gasteiger partial charge in [-0.1, -0.05) is 65.1 Å². The number of amides is 1. The van der Waals surface area contributed by atoms with Gasteiger partial charge in [-0.25, -0.2) is 13.8 Å². The molecule has 1 amide bonds. The molecule has 43 heavy (non-hydrogen) atoms. The van der Waals surface area contributed by atoms with E-state index < -0.39 is 22.5 Å². The number of carbonyl (C=O) groups is 1. The zero-order valence-electron chi connectivity index (χ0n) is 22.9. The zero-order chi connectivity index (χ0) is 31.1. The molecule has 0 aromatic heterocycles. The summed E-state index contributed by atoms with van der Waals surface area (Å²) in [6, 6.07) is 21.2. The Morgan fingerprint density at radius 1 is 1.00 bits per heavy atom. The van der Waals surface area contributed by atoms with Crippen molar-refractivity contribution in [3.63, 3.8) is 0 Å². The third-order valence-corrected chi connectivity index (χ3v) is 9.53. The fourth-order valence-corrected chi connectivity index (χ4v) is 6.68. The number of sulfonamides is 1. The summed E-state index contributed by atoms with van der Waals surface area (Å²) in [6.07, 6.45) is 1.39. The molecule has 0 spiro atoms. The number of methoxy groups -OCH3 is 1. The number of hydrazone groups is 1. The van der Waals surface area contributed by atoms with E-state index in [1.54, 1.807) is 73.7 Å². The summed E-state index contributed by atoms with van der Waals surface area (Å²) in [7, 11) is -2.61. The minimum absolute atomic E-state index is 0.0308. The van der Waals surface area contributed by atoms with Crippen LogP contribution in [0.25, 0.3) is 0 Å². The van der Waals surface area contributed by atoms with Gasteiger partial charge in [0.1, 0.15) is 13.2 Å². The van der Waals surface area contributed by atoms with E-state index in [0.29, 0.717) is 42.2 Å². The fraction of sp³-hybridized carbons (Fsp3) is 0.133. The summed E-state index contributed by atoms with van der Waals surface area (Å²) < 4.78 is 40.1. The molecule has 0 saturated carbocycles. The highest BCUT2D eigenvalue weighted by Gasteiger charge is 2.28. The Bertz CT molecular complexity index is 1770. The standard InChI is InChI=1S/C30H25BrCl3N3O5S/c1-19-25(33)9-6-10-27(19)37(43(39,40)23-7-4-3-5-8-23)17-29(38)36-35-16-20-13-24(31)30(28(14-20)41-2)42-18-21-11-12-22(32)15-26(21)34/h3-16H,17-18H2,1-2H3,(H,36,38)/b35-16-. The van der Waals surface area contributed by atoms with E-state index >= 15 is 0 Å². The van der Waals surface area contributed by atoms with Crippen molar-refractivity contribution in [3.8, 4) is 11.5 Å². The van der Waals surface area contributed by atoms with E-state index in [9.17, 15) is 13.2 Å². The molecule has 4 aromatic carbocycles. The Labute approximate surface area is 273 Å². The maximum absolute atomic E-state index is 13.6. The molecule has 0 bridgehead atoms. The van der Waals surface area contributed by atoms with E-state index in [4.69, 9.17) is 44.3 Å².